The molecule has 1 aliphatic carbocycles. The first-order valence-electron chi connectivity index (χ1n) is 4.22. The summed E-state index contributed by atoms with van der Waals surface area (Å²) in [4.78, 5) is 3.98. The molecule has 13 heavy (non-hydrogen) atoms. The molecule has 0 saturated carbocycles. The van der Waals surface area contributed by atoms with Crippen molar-refractivity contribution >= 4 is 11.4 Å². The van der Waals surface area contributed by atoms with Crippen molar-refractivity contribution in [2.75, 3.05) is 0 Å². The van der Waals surface area contributed by atoms with Crippen LogP contribution in [0.1, 0.15) is 19.8 Å². The molecule has 0 unspecified atom stereocenters. The topological polar surface area (TPSA) is 50.4 Å². The minimum atomic E-state index is 0.781. The van der Waals surface area contributed by atoms with E-state index in [1.807, 2.05) is 17.7 Å². The molecule has 68 valence electrons. The van der Waals surface area contributed by atoms with E-state index < -0.39 is 0 Å². The molecule has 1 aromatic heterocycles. The Hall–Kier alpha value is -1.58. The Morgan fingerprint density at radius 2 is 2.38 bits per heavy atom. The normalized spacial score (nSPS) is 20.2. The molecule has 1 heterocycles. The van der Waals surface area contributed by atoms with Gasteiger partial charge in [0.1, 0.15) is 0 Å². The maximum Gasteiger partial charge on any atom is 0.0989 e. The zero-order chi connectivity index (χ0) is 9.26. The number of nitrogens with zero attached hydrogens (tertiary/aromatic N) is 3. The molecule has 2 rings (SSSR count). The minimum Gasteiger partial charge on any atom is -0.411 e. The van der Waals surface area contributed by atoms with Gasteiger partial charge in [0.15, 0.2) is 0 Å². The molecule has 1 N–H and O–H groups in total. The van der Waals surface area contributed by atoms with Gasteiger partial charge in [0.2, 0.25) is 0 Å². The average Bonchev–Trinajstić information content (AvgIpc) is 2.72. The van der Waals surface area contributed by atoms with Gasteiger partial charge >= 0.3 is 0 Å². The summed E-state index contributed by atoms with van der Waals surface area (Å²) in [5, 5.41) is 11.9. The molecule has 0 bridgehead atoms. The van der Waals surface area contributed by atoms with E-state index in [9.17, 15) is 0 Å². The fraction of sp³-hybridized carbons (Fsp3) is 0.333. The fourth-order valence-electron chi connectivity index (χ4n) is 1.64. The Morgan fingerprint density at radius 3 is 2.92 bits per heavy atom. The van der Waals surface area contributed by atoms with Gasteiger partial charge < -0.3 is 9.77 Å². The van der Waals surface area contributed by atoms with E-state index in [2.05, 4.69) is 10.1 Å². The summed E-state index contributed by atoms with van der Waals surface area (Å²) in [5.41, 5.74) is 3.01. The third-order valence-electron chi connectivity index (χ3n) is 2.40. The van der Waals surface area contributed by atoms with Gasteiger partial charge in [0.05, 0.1) is 12.0 Å². The first-order chi connectivity index (χ1) is 6.33. The van der Waals surface area contributed by atoms with E-state index >= 15 is 0 Å². The van der Waals surface area contributed by atoms with Gasteiger partial charge in [-0.05, 0) is 25.3 Å². The van der Waals surface area contributed by atoms with Crippen LogP contribution in [0.15, 0.2) is 29.4 Å². The number of rotatable bonds is 1. The molecule has 4 nitrogen and oxygen atoms in total. The molecular formula is C9H11N3O. The second-order valence-corrected chi connectivity index (χ2v) is 3.09. The summed E-state index contributed by atoms with van der Waals surface area (Å²) in [5.74, 6) is 0. The zero-order valence-corrected chi connectivity index (χ0v) is 7.44. The third kappa shape index (κ3) is 1.24. The molecular weight excluding hydrogens is 166 g/mol. The number of hydrogen-bond acceptors (Lipinski definition) is 3. The van der Waals surface area contributed by atoms with Crippen molar-refractivity contribution in [3.05, 3.63) is 24.3 Å². The summed E-state index contributed by atoms with van der Waals surface area (Å²) in [6.07, 6.45) is 7.14. The molecule has 0 spiro atoms. The smallest absolute Gasteiger partial charge is 0.0989 e. The van der Waals surface area contributed by atoms with Crippen LogP contribution in [0, 0.1) is 0 Å². The zero-order valence-electron chi connectivity index (χ0n) is 7.44. The Bertz CT molecular complexity index is 362. The average molecular weight is 177 g/mol. The van der Waals surface area contributed by atoms with Gasteiger partial charge in [-0.15, -0.1) is 0 Å². The lowest BCUT2D eigenvalue weighted by molar-refractivity contribution is 0.318. The van der Waals surface area contributed by atoms with Crippen LogP contribution in [0.25, 0.3) is 5.70 Å². The van der Waals surface area contributed by atoms with Crippen molar-refractivity contribution < 1.29 is 5.21 Å². The van der Waals surface area contributed by atoms with E-state index in [0.717, 1.165) is 24.1 Å². The van der Waals surface area contributed by atoms with E-state index in [0.29, 0.717) is 0 Å². The Balaban J connectivity index is 2.41. The van der Waals surface area contributed by atoms with Crippen molar-refractivity contribution in [1.29, 1.82) is 0 Å². The maximum atomic E-state index is 8.68. The minimum absolute atomic E-state index is 0.781. The summed E-state index contributed by atoms with van der Waals surface area (Å²) < 4.78 is 1.97. The third-order valence-corrected chi connectivity index (χ3v) is 2.40. The van der Waals surface area contributed by atoms with Gasteiger partial charge in [0, 0.05) is 18.1 Å². The summed E-state index contributed by atoms with van der Waals surface area (Å²) in [6.45, 7) is 1.97. The highest BCUT2D eigenvalue weighted by atomic mass is 16.4. The quantitative estimate of drug-likeness (QED) is 0.524. The predicted octanol–water partition coefficient (Wildman–Crippen LogP) is 1.74. The Labute approximate surface area is 76.2 Å². The van der Waals surface area contributed by atoms with Gasteiger partial charge in [-0.1, -0.05) is 5.16 Å². The number of imidazole rings is 1. The van der Waals surface area contributed by atoms with Gasteiger partial charge in [-0.3, -0.25) is 0 Å². The van der Waals surface area contributed by atoms with Crippen molar-refractivity contribution in [2.24, 2.45) is 5.16 Å². The van der Waals surface area contributed by atoms with Crippen molar-refractivity contribution in [3.8, 4) is 0 Å². The van der Waals surface area contributed by atoms with Crippen molar-refractivity contribution in [2.45, 2.75) is 19.8 Å². The highest BCUT2D eigenvalue weighted by Gasteiger charge is 2.18. The second-order valence-electron chi connectivity index (χ2n) is 3.09. The SMILES string of the molecule is CC1=C(n2ccnc2)CCC1=NO. The van der Waals surface area contributed by atoms with Crippen molar-refractivity contribution in [1.82, 2.24) is 9.55 Å². The molecule has 1 aliphatic rings. The molecule has 0 saturated heterocycles. The number of hydrogen-bond donors (Lipinski definition) is 1. The van der Waals surface area contributed by atoms with Crippen LogP contribution in [-0.2, 0) is 0 Å². The van der Waals surface area contributed by atoms with E-state index in [-0.39, 0.29) is 0 Å². The highest BCUT2D eigenvalue weighted by molar-refractivity contribution is 6.07. The van der Waals surface area contributed by atoms with Gasteiger partial charge in [-0.2, -0.15) is 0 Å². The lowest BCUT2D eigenvalue weighted by Crippen LogP contribution is -1.95. The number of allylic oxidation sites excluding steroid dienone is 2. The maximum absolute atomic E-state index is 8.68. The molecule has 0 fully saturated rings. The molecule has 0 aromatic carbocycles. The van der Waals surface area contributed by atoms with Gasteiger partial charge in [0.25, 0.3) is 0 Å². The summed E-state index contributed by atoms with van der Waals surface area (Å²) >= 11 is 0. The van der Waals surface area contributed by atoms with Crippen LogP contribution in [0.2, 0.25) is 0 Å². The number of oxime groups is 1. The monoisotopic (exact) mass is 177 g/mol. The van der Waals surface area contributed by atoms with E-state index in [1.54, 1.807) is 12.5 Å². The van der Waals surface area contributed by atoms with Crippen LogP contribution in [-0.4, -0.2) is 20.5 Å². The fourth-order valence-corrected chi connectivity index (χ4v) is 1.64. The number of aromatic nitrogens is 2. The standard InChI is InChI=1S/C9H11N3O/c1-7-8(11-13)2-3-9(7)12-5-4-10-6-12/h4-6,13H,2-3H2,1H3. The molecule has 0 aliphatic heterocycles. The van der Waals surface area contributed by atoms with Gasteiger partial charge in [-0.25, -0.2) is 4.98 Å². The summed E-state index contributed by atoms with van der Waals surface area (Å²) in [6, 6.07) is 0. The van der Waals surface area contributed by atoms with Crippen LogP contribution >= 0.6 is 0 Å². The van der Waals surface area contributed by atoms with Crippen LogP contribution in [0.3, 0.4) is 0 Å². The molecule has 1 aromatic rings. The molecule has 0 amide bonds. The van der Waals surface area contributed by atoms with Crippen LogP contribution < -0.4 is 0 Å². The van der Waals surface area contributed by atoms with E-state index in [4.69, 9.17) is 5.21 Å². The Morgan fingerprint density at radius 1 is 1.54 bits per heavy atom. The molecule has 0 radical (unpaired) electrons. The predicted molar refractivity (Wildman–Crippen MR) is 49.6 cm³/mol. The second kappa shape index (κ2) is 3.05. The molecule has 4 heteroatoms. The highest BCUT2D eigenvalue weighted by Crippen LogP contribution is 2.26. The molecule has 0 atom stereocenters. The Kier molecular flexibility index (Phi) is 1.88. The van der Waals surface area contributed by atoms with Crippen molar-refractivity contribution in [3.63, 3.8) is 0 Å². The first kappa shape index (κ1) is 8.04. The van der Waals surface area contributed by atoms with Crippen LogP contribution in [0.5, 0.6) is 0 Å². The first-order valence-corrected chi connectivity index (χ1v) is 4.22. The van der Waals surface area contributed by atoms with E-state index in [1.165, 1.54) is 5.70 Å². The lowest BCUT2D eigenvalue weighted by atomic mass is 10.2. The lowest BCUT2D eigenvalue weighted by Gasteiger charge is -2.02. The summed E-state index contributed by atoms with van der Waals surface area (Å²) in [7, 11) is 0. The largest absolute Gasteiger partial charge is 0.411 e. The van der Waals surface area contributed by atoms with Crippen LogP contribution in [0.4, 0.5) is 0 Å².